The van der Waals surface area contributed by atoms with Gasteiger partial charge >= 0.3 is 0 Å². The van der Waals surface area contributed by atoms with Gasteiger partial charge in [0.25, 0.3) is 5.91 Å². The lowest BCUT2D eigenvalue weighted by Crippen LogP contribution is -2.11. The Labute approximate surface area is 160 Å². The SMILES string of the molecule is Cc1cccnc1-c1cc(C(=O)Nc2cc(F)cc(S(C)(=O)=O)c2)sc1C. The Morgan fingerprint density at radius 3 is 2.59 bits per heavy atom. The quantitative estimate of drug-likeness (QED) is 0.706. The number of carbonyl (C=O) groups excluding carboxylic acids is 1. The summed E-state index contributed by atoms with van der Waals surface area (Å²) in [5.74, 6) is -1.17. The van der Waals surface area contributed by atoms with Crippen molar-refractivity contribution < 1.29 is 17.6 Å². The van der Waals surface area contributed by atoms with E-state index in [1.807, 2.05) is 26.0 Å². The number of aromatic nitrogens is 1. The number of nitrogens with zero attached hydrogens (tertiary/aromatic N) is 1. The summed E-state index contributed by atoms with van der Waals surface area (Å²) in [6, 6.07) is 8.76. The number of carbonyl (C=O) groups is 1. The molecule has 0 saturated heterocycles. The average molecular weight is 404 g/mol. The van der Waals surface area contributed by atoms with Crippen LogP contribution in [0.5, 0.6) is 0 Å². The van der Waals surface area contributed by atoms with Crippen molar-refractivity contribution in [1.82, 2.24) is 4.98 Å². The minimum absolute atomic E-state index is 0.0852. The molecule has 27 heavy (non-hydrogen) atoms. The number of halogens is 1. The van der Waals surface area contributed by atoms with Crippen molar-refractivity contribution in [3.8, 4) is 11.3 Å². The lowest BCUT2D eigenvalue weighted by Gasteiger charge is -2.06. The molecule has 0 unspecified atom stereocenters. The Balaban J connectivity index is 1.91. The van der Waals surface area contributed by atoms with Gasteiger partial charge in [-0.25, -0.2) is 12.8 Å². The number of amides is 1. The summed E-state index contributed by atoms with van der Waals surface area (Å²) >= 11 is 1.30. The molecule has 0 saturated carbocycles. The van der Waals surface area contributed by atoms with Crippen LogP contribution in [0.1, 0.15) is 20.1 Å². The van der Waals surface area contributed by atoms with Crippen molar-refractivity contribution in [3.05, 3.63) is 63.7 Å². The highest BCUT2D eigenvalue weighted by atomic mass is 32.2. The molecule has 0 atom stereocenters. The van der Waals surface area contributed by atoms with Gasteiger partial charge in [0.2, 0.25) is 0 Å². The fraction of sp³-hybridized carbons (Fsp3) is 0.158. The first-order chi connectivity index (χ1) is 12.6. The number of anilines is 1. The van der Waals surface area contributed by atoms with E-state index in [-0.39, 0.29) is 10.6 Å². The number of hydrogen-bond acceptors (Lipinski definition) is 5. The normalized spacial score (nSPS) is 11.4. The number of benzene rings is 1. The Morgan fingerprint density at radius 2 is 1.93 bits per heavy atom. The Morgan fingerprint density at radius 1 is 1.19 bits per heavy atom. The first-order valence-electron chi connectivity index (χ1n) is 7.99. The zero-order chi connectivity index (χ0) is 19.8. The van der Waals surface area contributed by atoms with Gasteiger partial charge in [0.05, 0.1) is 15.5 Å². The van der Waals surface area contributed by atoms with Gasteiger partial charge in [0.1, 0.15) is 5.82 Å². The number of sulfone groups is 1. The second kappa shape index (κ2) is 7.21. The molecule has 1 N–H and O–H groups in total. The maximum absolute atomic E-state index is 13.7. The van der Waals surface area contributed by atoms with E-state index in [2.05, 4.69) is 10.3 Å². The standard InChI is InChI=1S/C19H17FN2O3S2/c1-11-5-4-6-21-18(11)16-10-17(26-12(16)2)19(23)22-14-7-13(20)8-15(9-14)27(3,24)25/h4-10H,1-3H3,(H,22,23). The van der Waals surface area contributed by atoms with Crippen molar-refractivity contribution in [1.29, 1.82) is 0 Å². The van der Waals surface area contributed by atoms with E-state index >= 15 is 0 Å². The fourth-order valence-corrected chi connectivity index (χ4v) is 4.22. The first kappa shape index (κ1) is 19.2. The molecule has 0 aliphatic carbocycles. The van der Waals surface area contributed by atoms with Crippen LogP contribution in [-0.2, 0) is 9.84 Å². The summed E-state index contributed by atoms with van der Waals surface area (Å²) in [6.07, 6.45) is 2.68. The van der Waals surface area contributed by atoms with Crippen LogP contribution in [0.15, 0.2) is 47.5 Å². The molecule has 1 aromatic carbocycles. The smallest absolute Gasteiger partial charge is 0.265 e. The van der Waals surface area contributed by atoms with Gasteiger partial charge in [-0.05, 0) is 49.7 Å². The maximum Gasteiger partial charge on any atom is 0.265 e. The fourth-order valence-electron chi connectivity index (χ4n) is 2.64. The Bertz CT molecular complexity index is 1140. The molecular formula is C19H17FN2O3S2. The van der Waals surface area contributed by atoms with E-state index in [1.165, 1.54) is 17.4 Å². The third-order valence-corrected chi connectivity index (χ3v) is 6.10. The van der Waals surface area contributed by atoms with Crippen LogP contribution in [0, 0.1) is 19.7 Å². The summed E-state index contributed by atoms with van der Waals surface area (Å²) in [5.41, 5.74) is 2.74. The van der Waals surface area contributed by atoms with Gasteiger partial charge in [-0.15, -0.1) is 11.3 Å². The lowest BCUT2D eigenvalue weighted by molar-refractivity contribution is 0.103. The number of thiophene rings is 1. The number of hydrogen-bond donors (Lipinski definition) is 1. The van der Waals surface area contributed by atoms with E-state index in [1.54, 1.807) is 12.3 Å². The van der Waals surface area contributed by atoms with Gasteiger partial charge in [0, 0.05) is 28.6 Å². The van der Waals surface area contributed by atoms with E-state index < -0.39 is 21.6 Å². The van der Waals surface area contributed by atoms with Crippen LogP contribution in [0.3, 0.4) is 0 Å². The van der Waals surface area contributed by atoms with Gasteiger partial charge in [-0.3, -0.25) is 9.78 Å². The third-order valence-electron chi connectivity index (χ3n) is 3.96. The molecule has 0 fully saturated rings. The highest BCUT2D eigenvalue weighted by Gasteiger charge is 2.17. The minimum atomic E-state index is -3.59. The van der Waals surface area contributed by atoms with Crippen LogP contribution < -0.4 is 5.32 Å². The van der Waals surface area contributed by atoms with Crippen LogP contribution in [0.25, 0.3) is 11.3 Å². The Kier molecular flexibility index (Phi) is 5.12. The molecule has 3 aromatic rings. The molecule has 0 aliphatic rings. The van der Waals surface area contributed by atoms with Crippen LogP contribution >= 0.6 is 11.3 Å². The van der Waals surface area contributed by atoms with Crippen molar-refractivity contribution in [2.24, 2.45) is 0 Å². The summed E-state index contributed by atoms with van der Waals surface area (Å²) in [4.78, 5) is 18.1. The summed E-state index contributed by atoms with van der Waals surface area (Å²) < 4.78 is 37.0. The molecule has 0 bridgehead atoms. The van der Waals surface area contributed by atoms with E-state index in [0.29, 0.717) is 4.88 Å². The van der Waals surface area contributed by atoms with Crippen LogP contribution in [-0.4, -0.2) is 25.6 Å². The lowest BCUT2D eigenvalue weighted by atomic mass is 10.1. The van der Waals surface area contributed by atoms with E-state index in [4.69, 9.17) is 0 Å². The number of rotatable bonds is 4. The van der Waals surface area contributed by atoms with Gasteiger partial charge in [-0.2, -0.15) is 0 Å². The largest absolute Gasteiger partial charge is 0.321 e. The molecule has 0 aliphatic heterocycles. The highest BCUT2D eigenvalue weighted by Crippen LogP contribution is 2.32. The molecular weight excluding hydrogens is 387 g/mol. The maximum atomic E-state index is 13.7. The van der Waals surface area contributed by atoms with Crippen molar-refractivity contribution in [2.75, 3.05) is 11.6 Å². The van der Waals surface area contributed by atoms with Crippen molar-refractivity contribution in [2.45, 2.75) is 18.7 Å². The predicted molar refractivity (Wildman–Crippen MR) is 104 cm³/mol. The van der Waals surface area contributed by atoms with Crippen molar-refractivity contribution in [3.63, 3.8) is 0 Å². The van der Waals surface area contributed by atoms with Crippen molar-refractivity contribution >= 4 is 32.8 Å². The molecule has 8 heteroatoms. The second-order valence-corrected chi connectivity index (χ2v) is 9.42. The first-order valence-corrected chi connectivity index (χ1v) is 10.7. The topological polar surface area (TPSA) is 76.1 Å². The third kappa shape index (κ3) is 4.23. The zero-order valence-electron chi connectivity index (χ0n) is 14.9. The van der Waals surface area contributed by atoms with Crippen LogP contribution in [0.4, 0.5) is 10.1 Å². The van der Waals surface area contributed by atoms with Gasteiger partial charge in [-0.1, -0.05) is 6.07 Å². The molecule has 2 heterocycles. The predicted octanol–water partition coefficient (Wildman–Crippen LogP) is 4.22. The van der Waals surface area contributed by atoms with Gasteiger partial charge in [0.15, 0.2) is 9.84 Å². The molecule has 0 radical (unpaired) electrons. The van der Waals surface area contributed by atoms with Crippen LogP contribution in [0.2, 0.25) is 0 Å². The average Bonchev–Trinajstić information content (AvgIpc) is 2.96. The molecule has 5 nitrogen and oxygen atoms in total. The van der Waals surface area contributed by atoms with E-state index in [9.17, 15) is 17.6 Å². The number of aryl methyl sites for hydroxylation is 2. The number of nitrogens with one attached hydrogen (secondary N) is 1. The molecule has 1 amide bonds. The zero-order valence-corrected chi connectivity index (χ0v) is 16.5. The van der Waals surface area contributed by atoms with Gasteiger partial charge < -0.3 is 5.32 Å². The Hall–Kier alpha value is -2.58. The molecule has 0 spiro atoms. The summed E-state index contributed by atoms with van der Waals surface area (Å²) in [6.45, 7) is 3.84. The number of pyridine rings is 1. The summed E-state index contributed by atoms with van der Waals surface area (Å²) in [7, 11) is -3.59. The highest BCUT2D eigenvalue weighted by molar-refractivity contribution is 7.90. The second-order valence-electron chi connectivity index (χ2n) is 6.15. The molecule has 2 aromatic heterocycles. The molecule has 140 valence electrons. The summed E-state index contributed by atoms with van der Waals surface area (Å²) in [5, 5.41) is 2.56. The molecule has 3 rings (SSSR count). The minimum Gasteiger partial charge on any atom is -0.321 e. The monoisotopic (exact) mass is 404 g/mol. The van der Waals surface area contributed by atoms with E-state index in [0.717, 1.165) is 40.1 Å².